The minimum Gasteiger partial charge on any atom is -0.309 e. The Morgan fingerprint density at radius 3 is 1.40 bits per heavy atom. The molecule has 0 saturated heterocycles. The smallest absolute Gasteiger partial charge is 0.164 e. The molecule has 12 rings (SSSR count). The average molecular weight is 792 g/mol. The monoisotopic (exact) mass is 791 g/mol. The maximum absolute atomic E-state index is 5.18. The third-order valence-electron chi connectivity index (χ3n) is 11.9. The predicted octanol–water partition coefficient (Wildman–Crippen LogP) is 14.4. The standard InChI is InChI=1S/C57H37N5/c1-5-18-38(19-6-1)42-34-43(57-59-55(39-20-7-2-8-21-39)58-56(60-57)40-22-9-3-10-23-40)36-45(35-42)62-50-29-15-13-26-47(50)48-33-32-41(37-53(48)62)46-28-17-31-52-54(46)49-27-14-16-30-51(49)61(52)44-24-11-4-12-25-44/h1-37H. The van der Waals surface area contributed by atoms with Crippen molar-refractivity contribution in [2.75, 3.05) is 0 Å². The molecule has 5 heteroatoms. The van der Waals surface area contributed by atoms with Crippen molar-refractivity contribution in [3.05, 3.63) is 224 Å². The van der Waals surface area contributed by atoms with Crippen LogP contribution in [0.1, 0.15) is 0 Å². The Bertz CT molecular complexity index is 3550. The van der Waals surface area contributed by atoms with Crippen molar-refractivity contribution in [3.8, 4) is 67.8 Å². The Morgan fingerprint density at radius 2 is 0.742 bits per heavy atom. The summed E-state index contributed by atoms with van der Waals surface area (Å²) >= 11 is 0. The number of hydrogen-bond acceptors (Lipinski definition) is 3. The molecule has 62 heavy (non-hydrogen) atoms. The normalized spacial score (nSPS) is 11.5. The van der Waals surface area contributed by atoms with Crippen LogP contribution in [0, 0.1) is 0 Å². The van der Waals surface area contributed by atoms with E-state index in [9.17, 15) is 0 Å². The minimum atomic E-state index is 0.611. The summed E-state index contributed by atoms with van der Waals surface area (Å²) in [5.74, 6) is 1.87. The second-order valence-electron chi connectivity index (χ2n) is 15.6. The van der Waals surface area contributed by atoms with E-state index in [1.54, 1.807) is 0 Å². The van der Waals surface area contributed by atoms with Crippen LogP contribution in [0.2, 0.25) is 0 Å². The SMILES string of the molecule is c1ccc(-c2cc(-c3nc(-c4ccccc4)nc(-c4ccccc4)n3)cc(-n3c4ccccc4c4ccc(-c5cccc6c5c5ccccc5n6-c5ccccc5)cc43)c2)cc1. The molecular formula is C57H37N5. The first-order valence-electron chi connectivity index (χ1n) is 20.9. The molecule has 0 saturated carbocycles. The molecule has 0 aliphatic rings. The summed E-state index contributed by atoms with van der Waals surface area (Å²) in [6.07, 6.45) is 0. The van der Waals surface area contributed by atoms with Gasteiger partial charge in [0.15, 0.2) is 17.5 Å². The Kier molecular flexibility index (Phi) is 8.42. The molecule has 0 aliphatic carbocycles. The van der Waals surface area contributed by atoms with Crippen LogP contribution in [-0.2, 0) is 0 Å². The predicted molar refractivity (Wildman–Crippen MR) is 256 cm³/mol. The van der Waals surface area contributed by atoms with Gasteiger partial charge in [-0.3, -0.25) is 0 Å². The van der Waals surface area contributed by atoms with Crippen molar-refractivity contribution in [3.63, 3.8) is 0 Å². The van der Waals surface area contributed by atoms with Gasteiger partial charge in [0.1, 0.15) is 0 Å². The number of nitrogens with zero attached hydrogens (tertiary/aromatic N) is 5. The van der Waals surface area contributed by atoms with Crippen LogP contribution in [-0.4, -0.2) is 24.1 Å². The zero-order valence-corrected chi connectivity index (χ0v) is 33.6. The summed E-state index contributed by atoms with van der Waals surface area (Å²) in [5, 5.41) is 4.84. The van der Waals surface area contributed by atoms with Gasteiger partial charge in [0.25, 0.3) is 0 Å². The van der Waals surface area contributed by atoms with Gasteiger partial charge in [-0.2, -0.15) is 0 Å². The number of benzene rings is 9. The molecule has 9 aromatic carbocycles. The van der Waals surface area contributed by atoms with Crippen molar-refractivity contribution in [2.45, 2.75) is 0 Å². The van der Waals surface area contributed by atoms with E-state index in [1.165, 1.54) is 38.1 Å². The first kappa shape index (κ1) is 35.5. The van der Waals surface area contributed by atoms with Gasteiger partial charge in [-0.25, -0.2) is 15.0 Å². The van der Waals surface area contributed by atoms with E-state index in [0.717, 1.165) is 55.8 Å². The van der Waals surface area contributed by atoms with E-state index in [0.29, 0.717) is 17.5 Å². The Balaban J connectivity index is 1.11. The zero-order valence-electron chi connectivity index (χ0n) is 33.6. The van der Waals surface area contributed by atoms with Crippen LogP contribution >= 0.6 is 0 Å². The summed E-state index contributed by atoms with van der Waals surface area (Å²) in [5.41, 5.74) is 14.1. The Hall–Kier alpha value is -8.41. The lowest BCUT2D eigenvalue weighted by atomic mass is 9.98. The average Bonchev–Trinajstić information content (AvgIpc) is 3.87. The fourth-order valence-corrected chi connectivity index (χ4v) is 9.14. The van der Waals surface area contributed by atoms with Crippen molar-refractivity contribution >= 4 is 43.6 Å². The Labute approximate surface area is 358 Å². The van der Waals surface area contributed by atoms with Gasteiger partial charge < -0.3 is 9.13 Å². The van der Waals surface area contributed by atoms with E-state index in [-0.39, 0.29) is 0 Å². The van der Waals surface area contributed by atoms with Crippen LogP contribution in [0.4, 0.5) is 0 Å². The van der Waals surface area contributed by atoms with Crippen molar-refractivity contribution in [1.29, 1.82) is 0 Å². The molecule has 0 bridgehead atoms. The lowest BCUT2D eigenvalue weighted by Crippen LogP contribution is -2.01. The molecule has 0 fully saturated rings. The van der Waals surface area contributed by atoms with Gasteiger partial charge in [-0.05, 0) is 76.9 Å². The van der Waals surface area contributed by atoms with Crippen LogP contribution < -0.4 is 0 Å². The quantitative estimate of drug-likeness (QED) is 0.162. The molecule has 0 unspecified atom stereocenters. The van der Waals surface area contributed by atoms with E-state index in [2.05, 4.69) is 197 Å². The number of rotatable bonds is 7. The maximum atomic E-state index is 5.18. The second-order valence-corrected chi connectivity index (χ2v) is 15.6. The fraction of sp³-hybridized carbons (Fsp3) is 0. The van der Waals surface area contributed by atoms with E-state index >= 15 is 0 Å². The van der Waals surface area contributed by atoms with E-state index in [1.807, 2.05) is 36.4 Å². The highest BCUT2D eigenvalue weighted by molar-refractivity contribution is 6.17. The lowest BCUT2D eigenvalue weighted by Gasteiger charge is -2.15. The van der Waals surface area contributed by atoms with Crippen LogP contribution in [0.3, 0.4) is 0 Å². The molecule has 0 atom stereocenters. The maximum Gasteiger partial charge on any atom is 0.164 e. The summed E-state index contributed by atoms with van der Waals surface area (Å²) in [7, 11) is 0. The van der Waals surface area contributed by atoms with Crippen LogP contribution in [0.15, 0.2) is 224 Å². The number of hydrogen-bond donors (Lipinski definition) is 0. The number of para-hydroxylation sites is 3. The first-order chi connectivity index (χ1) is 30.7. The van der Waals surface area contributed by atoms with Gasteiger partial charge in [0, 0.05) is 49.6 Å². The fourth-order valence-electron chi connectivity index (χ4n) is 9.14. The Morgan fingerprint density at radius 1 is 0.258 bits per heavy atom. The topological polar surface area (TPSA) is 48.5 Å². The molecule has 0 spiro atoms. The summed E-state index contributed by atoms with van der Waals surface area (Å²) in [4.78, 5) is 15.4. The van der Waals surface area contributed by atoms with Gasteiger partial charge in [-0.15, -0.1) is 0 Å². The molecule has 0 radical (unpaired) electrons. The summed E-state index contributed by atoms with van der Waals surface area (Å²) < 4.78 is 4.79. The molecule has 0 aliphatic heterocycles. The van der Waals surface area contributed by atoms with Gasteiger partial charge in [-0.1, -0.05) is 170 Å². The lowest BCUT2D eigenvalue weighted by molar-refractivity contribution is 1.07. The van der Waals surface area contributed by atoms with Gasteiger partial charge in [0.05, 0.1) is 22.1 Å². The first-order valence-corrected chi connectivity index (χ1v) is 20.9. The van der Waals surface area contributed by atoms with Crippen LogP contribution in [0.25, 0.3) is 111 Å². The third kappa shape index (κ3) is 5.98. The summed E-state index contributed by atoms with van der Waals surface area (Å²) in [6, 6.07) is 79.4. The number of aromatic nitrogens is 5. The molecule has 5 nitrogen and oxygen atoms in total. The minimum absolute atomic E-state index is 0.611. The largest absolute Gasteiger partial charge is 0.309 e. The molecule has 3 heterocycles. The van der Waals surface area contributed by atoms with Gasteiger partial charge in [0.2, 0.25) is 0 Å². The number of fused-ring (bicyclic) bond motifs is 6. The molecular weight excluding hydrogens is 755 g/mol. The van der Waals surface area contributed by atoms with Crippen LogP contribution in [0.5, 0.6) is 0 Å². The highest BCUT2D eigenvalue weighted by atomic mass is 15.0. The van der Waals surface area contributed by atoms with Crippen molar-refractivity contribution < 1.29 is 0 Å². The van der Waals surface area contributed by atoms with Gasteiger partial charge >= 0.3 is 0 Å². The third-order valence-corrected chi connectivity index (χ3v) is 11.9. The summed E-state index contributed by atoms with van der Waals surface area (Å²) in [6.45, 7) is 0. The molecule has 12 aromatic rings. The zero-order chi connectivity index (χ0) is 41.0. The second kappa shape index (κ2) is 14.7. The van der Waals surface area contributed by atoms with Crippen molar-refractivity contribution in [1.82, 2.24) is 24.1 Å². The molecule has 0 amide bonds. The molecule has 3 aromatic heterocycles. The van der Waals surface area contributed by atoms with Crippen molar-refractivity contribution in [2.24, 2.45) is 0 Å². The van der Waals surface area contributed by atoms with E-state index in [4.69, 9.17) is 15.0 Å². The highest BCUT2D eigenvalue weighted by Crippen LogP contribution is 2.42. The van der Waals surface area contributed by atoms with E-state index < -0.39 is 0 Å². The molecule has 290 valence electrons. The highest BCUT2D eigenvalue weighted by Gasteiger charge is 2.20. The molecule has 0 N–H and O–H groups in total.